The Bertz CT molecular complexity index is 1120. The number of thiophene rings is 1. The molecule has 0 unspecified atom stereocenters. The molecule has 1 fully saturated rings. The molecule has 1 aromatic carbocycles. The van der Waals surface area contributed by atoms with Crippen molar-refractivity contribution in [3.8, 4) is 10.4 Å². The quantitative estimate of drug-likeness (QED) is 0.540. The van der Waals surface area contributed by atoms with Crippen LogP contribution >= 0.6 is 22.7 Å². The number of ether oxygens (including phenoxy) is 1. The summed E-state index contributed by atoms with van der Waals surface area (Å²) in [7, 11) is 0. The van der Waals surface area contributed by atoms with Crippen molar-refractivity contribution in [1.29, 1.82) is 0 Å². The summed E-state index contributed by atoms with van der Waals surface area (Å²) in [4.78, 5) is 22.4. The van der Waals surface area contributed by atoms with Gasteiger partial charge in [0.15, 0.2) is 0 Å². The van der Waals surface area contributed by atoms with Crippen LogP contribution in [0.3, 0.4) is 0 Å². The maximum Gasteiger partial charge on any atom is 0.270 e. The number of fused-ring (bicyclic) bond motifs is 1. The molecule has 0 saturated carbocycles. The Morgan fingerprint density at radius 3 is 2.75 bits per heavy atom. The molecule has 1 amide bonds. The molecule has 1 aliphatic rings. The van der Waals surface area contributed by atoms with Gasteiger partial charge in [0.25, 0.3) is 5.91 Å². The first kappa shape index (κ1) is 17.5. The van der Waals surface area contributed by atoms with Gasteiger partial charge in [0.1, 0.15) is 5.69 Å². The van der Waals surface area contributed by atoms with Gasteiger partial charge in [-0.05, 0) is 40.6 Å². The van der Waals surface area contributed by atoms with Crippen molar-refractivity contribution >= 4 is 38.8 Å². The van der Waals surface area contributed by atoms with Gasteiger partial charge < -0.3 is 10.1 Å². The molecular formula is C21H17N3O2S2. The number of rotatable bonds is 5. The van der Waals surface area contributed by atoms with Crippen molar-refractivity contribution in [1.82, 2.24) is 15.3 Å². The Balaban J connectivity index is 1.42. The number of hydrogen-bond donors (Lipinski definition) is 1. The molecule has 0 atom stereocenters. The highest BCUT2D eigenvalue weighted by atomic mass is 32.1. The number of pyridine rings is 1. The molecule has 5 rings (SSSR count). The number of carbonyl (C=O) groups is 1. The third-order valence-electron chi connectivity index (χ3n) is 4.76. The molecule has 0 radical (unpaired) electrons. The van der Waals surface area contributed by atoms with Gasteiger partial charge in [-0.15, -0.1) is 22.7 Å². The van der Waals surface area contributed by atoms with Gasteiger partial charge in [-0.3, -0.25) is 9.78 Å². The monoisotopic (exact) mass is 407 g/mol. The largest absolute Gasteiger partial charge is 0.377 e. The molecule has 3 aromatic heterocycles. The summed E-state index contributed by atoms with van der Waals surface area (Å²) in [5.74, 6) is -0.136. The molecule has 1 N–H and O–H groups in total. The Morgan fingerprint density at radius 1 is 1.18 bits per heavy atom. The van der Waals surface area contributed by atoms with E-state index >= 15 is 0 Å². The van der Waals surface area contributed by atoms with Crippen molar-refractivity contribution in [3.63, 3.8) is 0 Å². The number of hydrogen-bond acceptors (Lipinski definition) is 6. The van der Waals surface area contributed by atoms with Crippen LogP contribution in [0, 0.1) is 0 Å². The first-order valence-corrected chi connectivity index (χ1v) is 10.8. The van der Waals surface area contributed by atoms with E-state index in [4.69, 9.17) is 4.74 Å². The van der Waals surface area contributed by atoms with Crippen molar-refractivity contribution in [3.05, 3.63) is 70.3 Å². The van der Waals surface area contributed by atoms with Crippen molar-refractivity contribution < 1.29 is 9.53 Å². The maximum absolute atomic E-state index is 12.6. The maximum atomic E-state index is 12.6. The van der Waals surface area contributed by atoms with E-state index in [1.165, 1.54) is 11.1 Å². The first-order valence-electron chi connectivity index (χ1n) is 9.00. The standard InChI is InChI=1S/C21H17N3O2S2/c25-21(23-16-10-26-11-16)18-8-15(20-17(24-18)5-6-27-20)7-13-1-3-14(4-2-13)19-9-22-12-28-19/h1-6,8-9,12,16H,7,10-11H2,(H,23,25). The number of thiazole rings is 1. The summed E-state index contributed by atoms with van der Waals surface area (Å²) in [5.41, 5.74) is 6.68. The number of benzene rings is 1. The van der Waals surface area contributed by atoms with Crippen LogP contribution in [0.5, 0.6) is 0 Å². The molecule has 7 heteroatoms. The van der Waals surface area contributed by atoms with Crippen LogP contribution in [-0.4, -0.2) is 35.1 Å². The second-order valence-corrected chi connectivity index (χ2v) is 8.55. The van der Waals surface area contributed by atoms with E-state index in [1.807, 2.05) is 29.2 Å². The van der Waals surface area contributed by atoms with E-state index in [0.717, 1.165) is 27.1 Å². The lowest BCUT2D eigenvalue weighted by Crippen LogP contribution is -2.48. The zero-order chi connectivity index (χ0) is 18.9. The summed E-state index contributed by atoms with van der Waals surface area (Å²) in [6.45, 7) is 1.15. The SMILES string of the molecule is O=C(NC1COC1)c1cc(Cc2ccc(-c3cncs3)cc2)c2sccc2n1. The fraction of sp³-hybridized carbons (Fsp3) is 0.190. The van der Waals surface area contributed by atoms with E-state index in [9.17, 15) is 4.79 Å². The minimum atomic E-state index is -0.136. The highest BCUT2D eigenvalue weighted by Crippen LogP contribution is 2.28. The van der Waals surface area contributed by atoms with E-state index < -0.39 is 0 Å². The zero-order valence-corrected chi connectivity index (χ0v) is 16.6. The summed E-state index contributed by atoms with van der Waals surface area (Å²) in [6.07, 6.45) is 2.64. The Morgan fingerprint density at radius 2 is 2.04 bits per heavy atom. The van der Waals surface area contributed by atoms with E-state index in [2.05, 4.69) is 39.6 Å². The molecule has 4 heterocycles. The molecule has 140 valence electrons. The van der Waals surface area contributed by atoms with Gasteiger partial charge >= 0.3 is 0 Å². The lowest BCUT2D eigenvalue weighted by Gasteiger charge is -2.26. The first-order chi connectivity index (χ1) is 13.8. The molecule has 1 aliphatic heterocycles. The predicted octanol–water partition coefficient (Wildman–Crippen LogP) is 4.14. The average molecular weight is 408 g/mol. The number of nitrogens with zero attached hydrogens (tertiary/aromatic N) is 2. The Kier molecular flexibility index (Phi) is 4.64. The van der Waals surface area contributed by atoms with Gasteiger partial charge in [0.05, 0.1) is 39.9 Å². The van der Waals surface area contributed by atoms with Crippen molar-refractivity contribution in [2.45, 2.75) is 12.5 Å². The molecular weight excluding hydrogens is 390 g/mol. The Hall–Kier alpha value is -2.61. The smallest absolute Gasteiger partial charge is 0.270 e. The van der Waals surface area contributed by atoms with Crippen molar-refractivity contribution in [2.24, 2.45) is 0 Å². The minimum absolute atomic E-state index is 0.0928. The fourth-order valence-electron chi connectivity index (χ4n) is 3.21. The highest BCUT2D eigenvalue weighted by Gasteiger charge is 2.22. The van der Waals surface area contributed by atoms with Crippen LogP contribution in [0.4, 0.5) is 0 Å². The third-order valence-corrected chi connectivity index (χ3v) is 6.56. The van der Waals surface area contributed by atoms with E-state index in [0.29, 0.717) is 18.9 Å². The van der Waals surface area contributed by atoms with Gasteiger partial charge in [-0.1, -0.05) is 24.3 Å². The van der Waals surface area contributed by atoms with Gasteiger partial charge in [-0.25, -0.2) is 4.98 Å². The number of amides is 1. The summed E-state index contributed by atoms with van der Waals surface area (Å²) < 4.78 is 6.27. The molecule has 28 heavy (non-hydrogen) atoms. The lowest BCUT2D eigenvalue weighted by atomic mass is 10.0. The fourth-order valence-corrected chi connectivity index (χ4v) is 4.69. The summed E-state index contributed by atoms with van der Waals surface area (Å²) in [5, 5.41) is 5.00. The number of carbonyl (C=O) groups excluding carboxylic acids is 1. The van der Waals surface area contributed by atoms with Crippen LogP contribution in [0.2, 0.25) is 0 Å². The highest BCUT2D eigenvalue weighted by molar-refractivity contribution is 7.17. The number of aromatic nitrogens is 2. The van der Waals surface area contributed by atoms with E-state index in [-0.39, 0.29) is 11.9 Å². The number of nitrogens with one attached hydrogen (secondary N) is 1. The molecule has 0 spiro atoms. The molecule has 0 bridgehead atoms. The predicted molar refractivity (Wildman–Crippen MR) is 112 cm³/mol. The second kappa shape index (κ2) is 7.43. The molecule has 5 nitrogen and oxygen atoms in total. The van der Waals surface area contributed by atoms with Gasteiger partial charge in [0.2, 0.25) is 0 Å². The zero-order valence-electron chi connectivity index (χ0n) is 14.9. The second-order valence-electron chi connectivity index (χ2n) is 6.75. The molecule has 0 aliphatic carbocycles. The van der Waals surface area contributed by atoms with Crippen LogP contribution < -0.4 is 5.32 Å². The minimum Gasteiger partial charge on any atom is -0.377 e. The van der Waals surface area contributed by atoms with Crippen LogP contribution in [0.1, 0.15) is 21.6 Å². The van der Waals surface area contributed by atoms with E-state index in [1.54, 1.807) is 22.7 Å². The molecule has 1 saturated heterocycles. The topological polar surface area (TPSA) is 64.1 Å². The van der Waals surface area contributed by atoms with Crippen LogP contribution in [-0.2, 0) is 11.2 Å². The van der Waals surface area contributed by atoms with Crippen LogP contribution in [0.15, 0.2) is 53.5 Å². The third kappa shape index (κ3) is 3.44. The molecule has 4 aromatic rings. The summed E-state index contributed by atoms with van der Waals surface area (Å²) >= 11 is 3.30. The van der Waals surface area contributed by atoms with Gasteiger partial charge in [-0.2, -0.15) is 0 Å². The lowest BCUT2D eigenvalue weighted by molar-refractivity contribution is -0.00354. The van der Waals surface area contributed by atoms with Gasteiger partial charge in [0, 0.05) is 6.20 Å². The summed E-state index contributed by atoms with van der Waals surface area (Å²) in [6, 6.07) is 12.5. The van der Waals surface area contributed by atoms with Crippen molar-refractivity contribution in [2.75, 3.05) is 13.2 Å². The Labute approximate surface area is 170 Å². The normalized spacial score (nSPS) is 14.1. The van der Waals surface area contributed by atoms with Crippen LogP contribution in [0.25, 0.3) is 20.7 Å². The average Bonchev–Trinajstić information content (AvgIpc) is 3.37.